The minimum atomic E-state index is -0.322. The summed E-state index contributed by atoms with van der Waals surface area (Å²) in [6, 6.07) is 7.40. The summed E-state index contributed by atoms with van der Waals surface area (Å²) < 4.78 is 5.77. The molecule has 0 N–H and O–H groups in total. The highest BCUT2D eigenvalue weighted by molar-refractivity contribution is 6.01. The van der Waals surface area contributed by atoms with Crippen molar-refractivity contribution >= 4 is 17.5 Å². The van der Waals surface area contributed by atoms with E-state index in [-0.39, 0.29) is 46.8 Å². The smallest absolute Gasteiger partial charge is 0.338 e. The second-order valence-electron chi connectivity index (χ2n) is 11.4. The average molecular weight is 459 g/mol. The Bertz CT molecular complexity index is 1120. The van der Waals surface area contributed by atoms with Gasteiger partial charge in [-0.15, -0.1) is 0 Å². The summed E-state index contributed by atoms with van der Waals surface area (Å²) in [5.74, 6) is 0.971. The zero-order valence-corrected chi connectivity index (χ0v) is 20.5. The van der Waals surface area contributed by atoms with Crippen LogP contribution in [0.25, 0.3) is 0 Å². The lowest BCUT2D eigenvalue weighted by molar-refractivity contribution is -0.128. The zero-order valence-electron chi connectivity index (χ0n) is 20.5. The van der Waals surface area contributed by atoms with Crippen LogP contribution in [0.5, 0.6) is 0 Å². The van der Waals surface area contributed by atoms with Gasteiger partial charge in [0.1, 0.15) is 5.78 Å². The Balaban J connectivity index is 1.40. The van der Waals surface area contributed by atoms with E-state index in [9.17, 15) is 14.4 Å². The van der Waals surface area contributed by atoms with Crippen molar-refractivity contribution in [3.63, 3.8) is 0 Å². The molecule has 0 unspecified atom stereocenters. The largest absolute Gasteiger partial charge is 0.462 e. The van der Waals surface area contributed by atoms with Gasteiger partial charge in [-0.1, -0.05) is 49.8 Å². The molecule has 5 rings (SSSR count). The molecule has 34 heavy (non-hydrogen) atoms. The fraction of sp³-hybridized carbons (Fsp3) is 0.500. The Kier molecular flexibility index (Phi) is 5.54. The van der Waals surface area contributed by atoms with Gasteiger partial charge >= 0.3 is 5.97 Å². The summed E-state index contributed by atoms with van der Waals surface area (Å²) in [6.07, 6.45) is 12.9. The van der Waals surface area contributed by atoms with E-state index in [1.165, 1.54) is 0 Å². The highest BCUT2D eigenvalue weighted by Gasteiger charge is 2.61. The Labute approximate surface area is 202 Å². The number of esters is 1. The summed E-state index contributed by atoms with van der Waals surface area (Å²) in [6.45, 7) is 8.50. The molecule has 0 aliphatic heterocycles. The van der Waals surface area contributed by atoms with Gasteiger partial charge in [0.15, 0.2) is 5.78 Å². The summed E-state index contributed by atoms with van der Waals surface area (Å²) in [5.41, 5.74) is 2.50. The van der Waals surface area contributed by atoms with Crippen LogP contribution < -0.4 is 0 Å². The van der Waals surface area contributed by atoms with Gasteiger partial charge in [-0.05, 0) is 86.1 Å². The van der Waals surface area contributed by atoms with Gasteiger partial charge in [0, 0.05) is 17.3 Å². The van der Waals surface area contributed by atoms with Crippen LogP contribution in [-0.4, -0.2) is 24.1 Å². The predicted octanol–water partition coefficient (Wildman–Crippen LogP) is 5.67. The highest BCUT2D eigenvalue weighted by atomic mass is 16.5. The Morgan fingerprint density at radius 1 is 1.09 bits per heavy atom. The molecule has 1 aromatic carbocycles. The third kappa shape index (κ3) is 3.54. The number of hydrogen-bond acceptors (Lipinski definition) is 4. The zero-order chi connectivity index (χ0) is 24.3. The summed E-state index contributed by atoms with van der Waals surface area (Å²) in [4.78, 5) is 37.6. The van der Waals surface area contributed by atoms with Crippen molar-refractivity contribution in [1.82, 2.24) is 0 Å². The Morgan fingerprint density at radius 3 is 2.53 bits per heavy atom. The van der Waals surface area contributed by atoms with Crippen molar-refractivity contribution in [1.29, 1.82) is 0 Å². The maximum Gasteiger partial charge on any atom is 0.338 e. The van der Waals surface area contributed by atoms with Crippen LogP contribution in [0.1, 0.15) is 56.0 Å². The number of allylic oxidation sites excluding steroid dienone is 6. The third-order valence-electron chi connectivity index (χ3n) is 9.44. The predicted molar refractivity (Wildman–Crippen MR) is 131 cm³/mol. The molecular formula is C30H34O4. The first-order valence-corrected chi connectivity index (χ1v) is 12.5. The fourth-order valence-corrected chi connectivity index (χ4v) is 7.75. The summed E-state index contributed by atoms with van der Waals surface area (Å²) >= 11 is 0. The molecule has 0 amide bonds. The van der Waals surface area contributed by atoms with E-state index in [1.807, 2.05) is 19.1 Å². The van der Waals surface area contributed by atoms with Gasteiger partial charge in [-0.25, -0.2) is 4.79 Å². The van der Waals surface area contributed by atoms with E-state index in [1.54, 1.807) is 31.2 Å². The lowest BCUT2D eigenvalue weighted by atomic mass is 9.49. The molecule has 2 fully saturated rings. The molecular weight excluding hydrogens is 424 g/mol. The van der Waals surface area contributed by atoms with E-state index < -0.39 is 0 Å². The molecule has 178 valence electrons. The van der Waals surface area contributed by atoms with E-state index >= 15 is 0 Å². The minimum Gasteiger partial charge on any atom is -0.462 e. The van der Waals surface area contributed by atoms with Crippen LogP contribution in [0.3, 0.4) is 0 Å². The highest BCUT2D eigenvalue weighted by Crippen LogP contribution is 2.65. The molecule has 0 spiro atoms. The molecule has 0 aromatic heterocycles. The van der Waals surface area contributed by atoms with Crippen molar-refractivity contribution in [2.45, 2.75) is 47.0 Å². The second kappa shape index (κ2) is 8.18. The summed E-state index contributed by atoms with van der Waals surface area (Å²) in [5, 5.41) is 0. The van der Waals surface area contributed by atoms with E-state index in [0.717, 1.165) is 30.4 Å². The number of carbonyl (C=O) groups is 3. The molecule has 0 bridgehead atoms. The number of hydrogen-bond donors (Lipinski definition) is 0. The van der Waals surface area contributed by atoms with Crippen LogP contribution in [0, 0.1) is 47.3 Å². The van der Waals surface area contributed by atoms with Crippen molar-refractivity contribution in [3.05, 3.63) is 71.3 Å². The molecule has 0 radical (unpaired) electrons. The van der Waals surface area contributed by atoms with Gasteiger partial charge in [0.05, 0.1) is 12.2 Å². The number of ketones is 2. The minimum absolute atomic E-state index is 0.0299. The van der Waals surface area contributed by atoms with E-state index in [0.29, 0.717) is 23.3 Å². The normalized spacial score (nSPS) is 37.9. The number of benzene rings is 1. The molecule has 4 nitrogen and oxygen atoms in total. The number of fused-ring (bicyclic) bond motifs is 5. The number of rotatable bonds is 4. The quantitative estimate of drug-likeness (QED) is 0.546. The maximum absolute atomic E-state index is 12.9. The maximum atomic E-state index is 12.9. The first-order valence-electron chi connectivity index (χ1n) is 12.5. The Morgan fingerprint density at radius 2 is 1.82 bits per heavy atom. The number of ether oxygens (including phenoxy) is 1. The lowest BCUT2D eigenvalue weighted by Crippen LogP contribution is -2.48. The number of Topliss-reactive ketones (excluding diaryl/α,β-unsaturated/α-hetero) is 1. The van der Waals surface area contributed by atoms with Crippen LogP contribution in [0.4, 0.5) is 0 Å². The van der Waals surface area contributed by atoms with Gasteiger partial charge < -0.3 is 4.74 Å². The lowest BCUT2D eigenvalue weighted by Gasteiger charge is -2.54. The standard InChI is InChI=1S/C30H34O4/c1-18-5-7-20(8-6-18)28(33)34-17-21-15-26-24-10-9-22-16-23(32)11-13-29(22,3)25(24)12-14-30(26,4)27(21)19(2)31/h5-11,13,16,21,24-27H,12,14-15,17H2,1-4H3/t21-,24-,25+,26+,27+,29+,30+/m1/s1. The average Bonchev–Trinajstić information content (AvgIpc) is 3.11. The van der Waals surface area contributed by atoms with Crippen molar-refractivity contribution in [2.75, 3.05) is 6.61 Å². The van der Waals surface area contributed by atoms with Gasteiger partial charge in [0.2, 0.25) is 0 Å². The monoisotopic (exact) mass is 458 g/mol. The molecule has 7 atom stereocenters. The van der Waals surface area contributed by atoms with Gasteiger partial charge in [-0.2, -0.15) is 0 Å². The van der Waals surface area contributed by atoms with Gasteiger partial charge in [0.25, 0.3) is 0 Å². The molecule has 1 aromatic rings. The first-order chi connectivity index (χ1) is 16.1. The number of carbonyl (C=O) groups excluding carboxylic acids is 3. The van der Waals surface area contributed by atoms with E-state index in [4.69, 9.17) is 4.74 Å². The molecule has 0 saturated heterocycles. The number of aryl methyl sites for hydroxylation is 1. The van der Waals surface area contributed by atoms with E-state index in [2.05, 4.69) is 32.1 Å². The van der Waals surface area contributed by atoms with Crippen LogP contribution in [0.2, 0.25) is 0 Å². The molecule has 4 aliphatic carbocycles. The van der Waals surface area contributed by atoms with Crippen LogP contribution in [0.15, 0.2) is 60.2 Å². The van der Waals surface area contributed by atoms with Gasteiger partial charge in [-0.3, -0.25) is 9.59 Å². The van der Waals surface area contributed by atoms with Crippen molar-refractivity contribution in [3.8, 4) is 0 Å². The fourth-order valence-electron chi connectivity index (χ4n) is 7.75. The van der Waals surface area contributed by atoms with Crippen LogP contribution >= 0.6 is 0 Å². The van der Waals surface area contributed by atoms with Crippen molar-refractivity contribution in [2.24, 2.45) is 40.4 Å². The SMILES string of the molecule is CC(=O)[C@H]1[C@@H](COC(=O)c2ccc(C)cc2)C[C@H]2[C@@H]3C=CC4=CC(=O)C=C[C@]4(C)[C@H]3CC[C@@]21C. The summed E-state index contributed by atoms with van der Waals surface area (Å²) in [7, 11) is 0. The topological polar surface area (TPSA) is 60.4 Å². The molecule has 4 heteroatoms. The molecule has 4 aliphatic rings. The molecule has 2 saturated carbocycles. The molecule has 0 heterocycles. The Hall–Kier alpha value is -2.75. The third-order valence-corrected chi connectivity index (χ3v) is 9.44. The first kappa shape index (κ1) is 23.0. The van der Waals surface area contributed by atoms with Crippen LogP contribution in [-0.2, 0) is 14.3 Å². The van der Waals surface area contributed by atoms with Crippen molar-refractivity contribution < 1.29 is 19.1 Å². The second-order valence-corrected chi connectivity index (χ2v) is 11.4.